The third-order valence-electron chi connectivity index (χ3n) is 10.1. The molecule has 0 aliphatic rings. The third-order valence-corrected chi connectivity index (χ3v) is 10.1. The minimum atomic E-state index is -0.00827. The Morgan fingerprint density at radius 2 is 0.840 bits per heavy atom. The van der Waals surface area contributed by atoms with Gasteiger partial charge < -0.3 is 9.47 Å². The van der Waals surface area contributed by atoms with Crippen molar-refractivity contribution in [2.24, 2.45) is 0 Å². The Labute approximate surface area is 293 Å². The highest BCUT2D eigenvalue weighted by atomic mass is 15.1. The van der Waals surface area contributed by atoms with Crippen molar-refractivity contribution in [3.05, 3.63) is 181 Å². The van der Waals surface area contributed by atoms with Crippen molar-refractivity contribution >= 4 is 60.4 Å². The van der Waals surface area contributed by atoms with E-state index < -0.39 is 0 Å². The van der Waals surface area contributed by atoms with Crippen LogP contribution in [0.1, 0.15) is 26.3 Å². The van der Waals surface area contributed by atoms with Gasteiger partial charge in [-0.3, -0.25) is 0 Å². The normalized spacial score (nSPS) is 11.9. The number of aromatic nitrogens is 1. The molecule has 0 radical (unpaired) electrons. The van der Waals surface area contributed by atoms with Crippen molar-refractivity contribution in [1.29, 1.82) is 0 Å². The zero-order valence-corrected chi connectivity index (χ0v) is 28.6. The Morgan fingerprint density at radius 1 is 0.400 bits per heavy atom. The van der Waals surface area contributed by atoms with E-state index in [1.165, 1.54) is 65.7 Å². The topological polar surface area (TPSA) is 8.17 Å². The molecule has 0 saturated heterocycles. The molecule has 0 amide bonds. The monoisotopic (exact) mass is 642 g/mol. The first-order valence-electron chi connectivity index (χ1n) is 17.5. The van der Waals surface area contributed by atoms with Crippen molar-refractivity contribution in [3.8, 4) is 16.8 Å². The molecule has 1 heterocycles. The van der Waals surface area contributed by atoms with E-state index in [2.05, 4.69) is 206 Å². The zero-order valence-electron chi connectivity index (χ0n) is 28.6. The molecule has 0 bridgehead atoms. The van der Waals surface area contributed by atoms with E-state index in [4.69, 9.17) is 0 Å². The predicted molar refractivity (Wildman–Crippen MR) is 215 cm³/mol. The van der Waals surface area contributed by atoms with Gasteiger partial charge in [0.15, 0.2) is 0 Å². The van der Waals surface area contributed by atoms with Crippen LogP contribution in [0.15, 0.2) is 176 Å². The number of fused-ring (bicyclic) bond motifs is 5. The summed E-state index contributed by atoms with van der Waals surface area (Å²) in [5, 5.41) is 7.48. The van der Waals surface area contributed by atoms with Gasteiger partial charge >= 0.3 is 0 Å². The van der Waals surface area contributed by atoms with Crippen LogP contribution < -0.4 is 4.90 Å². The summed E-state index contributed by atoms with van der Waals surface area (Å²) < 4.78 is 2.38. The molecule has 0 unspecified atom stereocenters. The maximum absolute atomic E-state index is 2.44. The van der Waals surface area contributed by atoms with Crippen LogP contribution in [0, 0.1) is 0 Å². The third kappa shape index (κ3) is 4.79. The molecule has 0 fully saturated rings. The summed E-state index contributed by atoms with van der Waals surface area (Å²) in [6.45, 7) is 6.93. The van der Waals surface area contributed by atoms with Gasteiger partial charge in [0.1, 0.15) is 0 Å². The number of hydrogen-bond acceptors (Lipinski definition) is 1. The molecule has 2 nitrogen and oxygen atoms in total. The first kappa shape index (κ1) is 30.0. The number of para-hydroxylation sites is 3. The molecule has 0 atom stereocenters. The lowest BCUT2D eigenvalue weighted by molar-refractivity contribution is 0.592. The van der Waals surface area contributed by atoms with Crippen molar-refractivity contribution in [2.45, 2.75) is 26.2 Å². The molecule has 0 aliphatic carbocycles. The molecule has 1 aromatic heterocycles. The van der Waals surface area contributed by atoms with E-state index in [0.29, 0.717) is 0 Å². The fourth-order valence-corrected chi connectivity index (χ4v) is 7.93. The number of nitrogens with zero attached hydrogens (tertiary/aromatic N) is 2. The van der Waals surface area contributed by atoms with E-state index in [0.717, 1.165) is 17.1 Å². The Bertz CT molecular complexity index is 2560. The van der Waals surface area contributed by atoms with Gasteiger partial charge in [0.2, 0.25) is 0 Å². The van der Waals surface area contributed by atoms with Gasteiger partial charge in [-0.25, -0.2) is 0 Å². The second-order valence-electron chi connectivity index (χ2n) is 14.2. The van der Waals surface area contributed by atoms with Crippen molar-refractivity contribution in [1.82, 2.24) is 4.57 Å². The Morgan fingerprint density at radius 3 is 1.40 bits per heavy atom. The average molecular weight is 643 g/mol. The van der Waals surface area contributed by atoms with Gasteiger partial charge in [0, 0.05) is 38.6 Å². The highest BCUT2D eigenvalue weighted by Gasteiger charge is 2.25. The van der Waals surface area contributed by atoms with Crippen LogP contribution in [-0.4, -0.2) is 4.57 Å². The molecule has 50 heavy (non-hydrogen) atoms. The lowest BCUT2D eigenvalue weighted by Gasteiger charge is -2.30. The fourth-order valence-electron chi connectivity index (χ4n) is 7.93. The van der Waals surface area contributed by atoms with Gasteiger partial charge in [-0.05, 0) is 81.4 Å². The summed E-state index contributed by atoms with van der Waals surface area (Å²) in [6.07, 6.45) is 0. The van der Waals surface area contributed by atoms with Crippen LogP contribution in [0.2, 0.25) is 0 Å². The molecule has 0 saturated carbocycles. The fraction of sp³-hybridized carbons (Fsp3) is 0.0833. The molecular formula is C48H38N2. The van der Waals surface area contributed by atoms with Crippen LogP contribution in [-0.2, 0) is 5.41 Å². The first-order valence-corrected chi connectivity index (χ1v) is 17.5. The smallest absolute Gasteiger partial charge is 0.0618 e. The summed E-state index contributed by atoms with van der Waals surface area (Å²) in [7, 11) is 0. The molecule has 0 spiro atoms. The molecule has 0 N–H and O–H groups in total. The average Bonchev–Trinajstić information content (AvgIpc) is 3.49. The van der Waals surface area contributed by atoms with Crippen LogP contribution >= 0.6 is 0 Å². The van der Waals surface area contributed by atoms with E-state index in [1.54, 1.807) is 0 Å². The Kier molecular flexibility index (Phi) is 7.07. The zero-order chi connectivity index (χ0) is 33.8. The number of anilines is 3. The predicted octanol–water partition coefficient (Wildman–Crippen LogP) is 13.5. The maximum Gasteiger partial charge on any atom is 0.0618 e. The number of hydrogen-bond donors (Lipinski definition) is 0. The molecule has 2 heteroatoms. The van der Waals surface area contributed by atoms with E-state index in [1.807, 2.05) is 0 Å². The number of benzene rings is 8. The molecule has 9 rings (SSSR count). The van der Waals surface area contributed by atoms with E-state index >= 15 is 0 Å². The van der Waals surface area contributed by atoms with Crippen LogP contribution in [0.3, 0.4) is 0 Å². The Balaban J connectivity index is 1.31. The van der Waals surface area contributed by atoms with Crippen LogP contribution in [0.4, 0.5) is 17.1 Å². The van der Waals surface area contributed by atoms with E-state index in [9.17, 15) is 0 Å². The summed E-state index contributed by atoms with van der Waals surface area (Å²) >= 11 is 0. The second-order valence-corrected chi connectivity index (χ2v) is 14.2. The van der Waals surface area contributed by atoms with Gasteiger partial charge in [0.05, 0.1) is 16.7 Å². The summed E-state index contributed by atoms with van der Waals surface area (Å²) in [5.41, 5.74) is 10.9. The highest BCUT2D eigenvalue weighted by molar-refractivity contribution is 6.22. The molecule has 9 aromatic rings. The largest absolute Gasteiger partial charge is 0.309 e. The van der Waals surface area contributed by atoms with Crippen molar-refractivity contribution in [2.75, 3.05) is 4.90 Å². The van der Waals surface area contributed by atoms with E-state index in [-0.39, 0.29) is 5.41 Å². The minimum absolute atomic E-state index is 0.00827. The Hall–Kier alpha value is -6.12. The maximum atomic E-state index is 2.44. The van der Waals surface area contributed by atoms with Gasteiger partial charge in [-0.1, -0.05) is 148 Å². The van der Waals surface area contributed by atoms with Crippen molar-refractivity contribution < 1.29 is 0 Å². The summed E-state index contributed by atoms with van der Waals surface area (Å²) in [6, 6.07) is 64.1. The van der Waals surface area contributed by atoms with Gasteiger partial charge in [-0.2, -0.15) is 0 Å². The van der Waals surface area contributed by atoms with Crippen LogP contribution in [0.5, 0.6) is 0 Å². The van der Waals surface area contributed by atoms with Crippen molar-refractivity contribution in [3.63, 3.8) is 0 Å². The summed E-state index contributed by atoms with van der Waals surface area (Å²) in [5.74, 6) is 0. The SMILES string of the molecule is CC(C)(C)c1ccccc1-c1c2ccccc2c(N(c2ccccc2)c2ccc(-n3c4ccccc4c4ccccc43)cc2)c2ccccc12. The van der Waals surface area contributed by atoms with Crippen LogP contribution in [0.25, 0.3) is 60.2 Å². The molecule has 240 valence electrons. The summed E-state index contributed by atoms with van der Waals surface area (Å²) in [4.78, 5) is 2.44. The standard InChI is InChI=1S/C48H38N2/c1-48(2,3)43-26-14-11-25-42(43)46-38-21-7-9-23-40(38)47(41-24-10-8-22-39(41)46)49(33-17-5-4-6-18-33)34-29-31-35(32-30-34)50-44-27-15-12-19-36(44)37-20-13-16-28-45(37)50/h4-32H,1-3H3. The molecule has 0 aliphatic heterocycles. The minimum Gasteiger partial charge on any atom is -0.309 e. The number of rotatable bonds is 5. The lowest BCUT2D eigenvalue weighted by Crippen LogP contribution is -2.13. The highest BCUT2D eigenvalue weighted by Crippen LogP contribution is 2.49. The van der Waals surface area contributed by atoms with Gasteiger partial charge in [0.25, 0.3) is 0 Å². The molecular weight excluding hydrogens is 605 g/mol. The van der Waals surface area contributed by atoms with Gasteiger partial charge in [-0.15, -0.1) is 0 Å². The quantitative estimate of drug-likeness (QED) is 0.170. The lowest BCUT2D eigenvalue weighted by atomic mass is 9.79. The second kappa shape index (κ2) is 11.8. The molecule has 8 aromatic carbocycles. The first-order chi connectivity index (χ1) is 24.5.